The quantitative estimate of drug-likeness (QED) is 0.798. The van der Waals surface area contributed by atoms with Crippen molar-refractivity contribution in [3.63, 3.8) is 0 Å². The minimum absolute atomic E-state index is 0.0309. The third-order valence-corrected chi connectivity index (χ3v) is 7.00. The summed E-state index contributed by atoms with van der Waals surface area (Å²) < 4.78 is 28.1. The Morgan fingerprint density at radius 1 is 1.12 bits per heavy atom. The highest BCUT2D eigenvalue weighted by molar-refractivity contribution is 7.95. The summed E-state index contributed by atoms with van der Waals surface area (Å²) in [6.45, 7) is 13.3. The number of nitrogens with zero attached hydrogens (tertiary/aromatic N) is 2. The SMILES string of the molecule is CC(C)N(C(=O)N=[S@](=O)(c1ccc2c(c1)OCO2)C(C)(C)C)C(C)C. The average molecular weight is 368 g/mol. The molecule has 0 fully saturated rings. The average Bonchev–Trinajstić information content (AvgIpc) is 2.92. The first-order valence-electron chi connectivity index (χ1n) is 8.46. The zero-order valence-corrected chi connectivity index (χ0v) is 16.8. The molecule has 25 heavy (non-hydrogen) atoms. The van der Waals surface area contributed by atoms with E-state index in [1.807, 2.05) is 48.5 Å². The lowest BCUT2D eigenvalue weighted by Gasteiger charge is -2.31. The molecule has 0 saturated carbocycles. The Balaban J connectivity index is 2.59. The summed E-state index contributed by atoms with van der Waals surface area (Å²) in [5.74, 6) is 1.14. The Bertz CT molecular complexity index is 764. The summed E-state index contributed by atoms with van der Waals surface area (Å²) >= 11 is 0. The van der Waals surface area contributed by atoms with Gasteiger partial charge in [-0.1, -0.05) is 0 Å². The standard InChI is InChI=1S/C18H28N2O4S/c1-12(2)20(13(3)4)17(21)19-25(22,18(5,6)7)14-8-9-15-16(10-14)24-11-23-15/h8-10,12-13H,11H2,1-7H3/t25-/m0/s1. The van der Waals surface area contributed by atoms with Crippen molar-refractivity contribution in [2.45, 2.75) is 70.2 Å². The van der Waals surface area contributed by atoms with Crippen molar-refractivity contribution in [3.05, 3.63) is 18.2 Å². The molecule has 0 saturated heterocycles. The van der Waals surface area contributed by atoms with Gasteiger partial charge in [-0.25, -0.2) is 9.00 Å². The van der Waals surface area contributed by atoms with Gasteiger partial charge in [-0.2, -0.15) is 0 Å². The first kappa shape index (κ1) is 19.6. The number of amides is 2. The fourth-order valence-electron chi connectivity index (χ4n) is 2.79. The van der Waals surface area contributed by atoms with Gasteiger partial charge in [0.05, 0.1) is 19.4 Å². The highest BCUT2D eigenvalue weighted by Gasteiger charge is 2.33. The highest BCUT2D eigenvalue weighted by Crippen LogP contribution is 2.37. The molecule has 1 aliphatic heterocycles. The van der Waals surface area contributed by atoms with E-state index in [0.29, 0.717) is 16.4 Å². The predicted octanol–water partition coefficient (Wildman–Crippen LogP) is 4.28. The number of carbonyl (C=O) groups is 1. The summed E-state index contributed by atoms with van der Waals surface area (Å²) in [6, 6.07) is 4.57. The van der Waals surface area contributed by atoms with Gasteiger partial charge in [0.25, 0.3) is 0 Å². The second-order valence-electron chi connectivity index (χ2n) is 7.62. The molecule has 1 aliphatic rings. The molecule has 1 aromatic carbocycles. The van der Waals surface area contributed by atoms with Gasteiger partial charge in [-0.15, -0.1) is 4.36 Å². The molecule has 0 N–H and O–H groups in total. The smallest absolute Gasteiger partial charge is 0.352 e. The van der Waals surface area contributed by atoms with Crippen LogP contribution in [0, 0.1) is 0 Å². The van der Waals surface area contributed by atoms with Crippen molar-refractivity contribution in [1.29, 1.82) is 0 Å². The first-order chi connectivity index (χ1) is 11.5. The van der Waals surface area contributed by atoms with Gasteiger partial charge >= 0.3 is 6.03 Å². The molecule has 1 atom stereocenters. The Hall–Kier alpha value is -1.76. The molecular formula is C18H28N2O4S. The molecule has 2 amide bonds. The van der Waals surface area contributed by atoms with E-state index < -0.39 is 20.5 Å². The van der Waals surface area contributed by atoms with Gasteiger partial charge in [0.1, 0.15) is 0 Å². The zero-order valence-electron chi connectivity index (χ0n) is 16.0. The van der Waals surface area contributed by atoms with Gasteiger partial charge in [0.15, 0.2) is 11.5 Å². The van der Waals surface area contributed by atoms with Crippen LogP contribution in [0.1, 0.15) is 48.5 Å². The molecule has 0 unspecified atom stereocenters. The minimum Gasteiger partial charge on any atom is -0.454 e. The first-order valence-corrected chi connectivity index (χ1v) is 9.97. The number of benzene rings is 1. The summed E-state index contributed by atoms with van der Waals surface area (Å²) in [7, 11) is -3.02. The third-order valence-electron chi connectivity index (χ3n) is 4.03. The van der Waals surface area contributed by atoms with Gasteiger partial charge in [-0.05, 0) is 60.6 Å². The van der Waals surface area contributed by atoms with E-state index in [4.69, 9.17) is 9.47 Å². The third kappa shape index (κ3) is 3.76. The fourth-order valence-corrected chi connectivity index (χ4v) is 4.71. The second-order valence-corrected chi connectivity index (χ2v) is 10.6. The van der Waals surface area contributed by atoms with Gasteiger partial charge in [0, 0.05) is 18.2 Å². The molecule has 2 rings (SSSR count). The molecular weight excluding hydrogens is 340 g/mol. The number of carbonyl (C=O) groups excluding carboxylic acids is 1. The molecule has 0 radical (unpaired) electrons. The lowest BCUT2D eigenvalue weighted by Crippen LogP contribution is -2.41. The van der Waals surface area contributed by atoms with Crippen LogP contribution >= 0.6 is 0 Å². The summed E-state index contributed by atoms with van der Waals surface area (Å²) in [5, 5.41) is 0. The number of fused-ring (bicyclic) bond motifs is 1. The maximum Gasteiger partial charge on any atom is 0.352 e. The van der Waals surface area contributed by atoms with Crippen LogP contribution in [-0.2, 0) is 9.73 Å². The van der Waals surface area contributed by atoms with Crippen LogP contribution in [0.3, 0.4) is 0 Å². The fraction of sp³-hybridized carbons (Fsp3) is 0.611. The lowest BCUT2D eigenvalue weighted by atomic mass is 10.2. The van der Waals surface area contributed by atoms with Crippen molar-refractivity contribution >= 4 is 15.8 Å². The number of urea groups is 1. The predicted molar refractivity (Wildman–Crippen MR) is 98.7 cm³/mol. The molecule has 7 heteroatoms. The van der Waals surface area contributed by atoms with Crippen molar-refractivity contribution in [3.8, 4) is 11.5 Å². The number of hydrogen-bond donors (Lipinski definition) is 0. The van der Waals surface area contributed by atoms with Crippen molar-refractivity contribution in [1.82, 2.24) is 4.90 Å². The van der Waals surface area contributed by atoms with E-state index in [9.17, 15) is 9.00 Å². The minimum atomic E-state index is -3.02. The molecule has 1 heterocycles. The lowest BCUT2D eigenvalue weighted by molar-refractivity contribution is 0.173. The van der Waals surface area contributed by atoms with E-state index in [1.54, 1.807) is 23.1 Å². The van der Waals surface area contributed by atoms with Crippen molar-refractivity contribution in [2.75, 3.05) is 6.79 Å². The van der Waals surface area contributed by atoms with Crippen LogP contribution in [0.4, 0.5) is 4.79 Å². The molecule has 0 spiro atoms. The normalized spacial score (nSPS) is 16.0. The molecule has 1 aromatic rings. The maximum atomic E-state index is 13.9. The van der Waals surface area contributed by atoms with E-state index in [0.717, 1.165) is 0 Å². The van der Waals surface area contributed by atoms with Crippen LogP contribution < -0.4 is 9.47 Å². The largest absolute Gasteiger partial charge is 0.454 e. The summed E-state index contributed by atoms with van der Waals surface area (Å²) in [4.78, 5) is 14.9. The van der Waals surface area contributed by atoms with Crippen LogP contribution in [0.25, 0.3) is 0 Å². The van der Waals surface area contributed by atoms with E-state index >= 15 is 0 Å². The molecule has 0 aromatic heterocycles. The van der Waals surface area contributed by atoms with E-state index in [1.165, 1.54) is 0 Å². The maximum absolute atomic E-state index is 13.9. The number of rotatable bonds is 3. The number of hydrogen-bond acceptors (Lipinski definition) is 4. The highest BCUT2D eigenvalue weighted by atomic mass is 32.2. The van der Waals surface area contributed by atoms with Gasteiger partial charge in [0.2, 0.25) is 6.79 Å². The Morgan fingerprint density at radius 3 is 2.20 bits per heavy atom. The van der Waals surface area contributed by atoms with Crippen LogP contribution in [-0.4, -0.2) is 38.8 Å². The van der Waals surface area contributed by atoms with Crippen molar-refractivity contribution < 1.29 is 18.5 Å². The molecule has 140 valence electrons. The number of ether oxygens (including phenoxy) is 2. The molecule has 0 aliphatic carbocycles. The van der Waals surface area contributed by atoms with E-state index in [-0.39, 0.29) is 18.9 Å². The molecule has 6 nitrogen and oxygen atoms in total. The molecule has 0 bridgehead atoms. The van der Waals surface area contributed by atoms with Gasteiger partial charge in [-0.3, -0.25) is 0 Å². The van der Waals surface area contributed by atoms with Gasteiger partial charge < -0.3 is 14.4 Å². The summed E-state index contributed by atoms with van der Waals surface area (Å²) in [6.07, 6.45) is 0. The van der Waals surface area contributed by atoms with Crippen molar-refractivity contribution in [2.24, 2.45) is 4.36 Å². The topological polar surface area (TPSA) is 68.2 Å². The Labute approximate surface area is 150 Å². The van der Waals surface area contributed by atoms with Crippen LogP contribution in [0.5, 0.6) is 11.5 Å². The van der Waals surface area contributed by atoms with Crippen LogP contribution in [0.15, 0.2) is 27.5 Å². The summed E-state index contributed by atoms with van der Waals surface area (Å²) in [5.41, 5.74) is 0. The van der Waals surface area contributed by atoms with Crippen LogP contribution in [0.2, 0.25) is 0 Å². The Morgan fingerprint density at radius 2 is 1.68 bits per heavy atom. The van der Waals surface area contributed by atoms with E-state index in [2.05, 4.69) is 4.36 Å². The monoisotopic (exact) mass is 368 g/mol. The zero-order chi connectivity index (χ0) is 19.0. The second kappa shape index (κ2) is 6.86. The Kier molecular flexibility index (Phi) is 5.37.